The molecular weight excluding hydrogens is 257 g/mol. The van der Waals surface area contributed by atoms with Gasteiger partial charge in [-0.2, -0.15) is 0 Å². The van der Waals surface area contributed by atoms with Gasteiger partial charge in [0.05, 0.1) is 5.52 Å². The van der Waals surface area contributed by atoms with E-state index in [1.165, 1.54) is 0 Å². The van der Waals surface area contributed by atoms with Gasteiger partial charge in [0, 0.05) is 16.5 Å². The van der Waals surface area contributed by atoms with Crippen LogP contribution in [0.15, 0.2) is 42.5 Å². The van der Waals surface area contributed by atoms with E-state index in [1.54, 1.807) is 49.4 Å². The number of carboxylic acid groups (broad SMARTS) is 1. The monoisotopic (exact) mass is 269 g/mol. The van der Waals surface area contributed by atoms with Gasteiger partial charge in [0.25, 0.3) is 0 Å². The first kappa shape index (κ1) is 12.4. The summed E-state index contributed by atoms with van der Waals surface area (Å²) in [6.45, 7) is 1.70. The van der Waals surface area contributed by atoms with Gasteiger partial charge in [0.15, 0.2) is 0 Å². The van der Waals surface area contributed by atoms with E-state index in [1.807, 2.05) is 0 Å². The fourth-order valence-electron chi connectivity index (χ4n) is 2.35. The number of nitrogens with one attached hydrogen (secondary N) is 1. The molecule has 2 aromatic carbocycles. The minimum Gasteiger partial charge on any atom is -0.477 e. The van der Waals surface area contributed by atoms with Crippen LogP contribution in [0.25, 0.3) is 22.0 Å². The van der Waals surface area contributed by atoms with E-state index in [0.29, 0.717) is 22.2 Å². The third-order valence-electron chi connectivity index (χ3n) is 3.37. The molecule has 0 aliphatic heterocycles. The molecule has 0 saturated heterocycles. The molecule has 2 N–H and O–H groups in total. The number of para-hydroxylation sites is 1. The molecule has 3 rings (SSSR count). The van der Waals surface area contributed by atoms with E-state index in [-0.39, 0.29) is 11.5 Å². The fourth-order valence-corrected chi connectivity index (χ4v) is 2.35. The summed E-state index contributed by atoms with van der Waals surface area (Å²) in [5.74, 6) is -1.32. The highest BCUT2D eigenvalue weighted by atomic mass is 19.1. The number of H-pyrrole nitrogens is 1. The summed E-state index contributed by atoms with van der Waals surface area (Å²) in [7, 11) is 0. The number of halogens is 1. The van der Waals surface area contributed by atoms with Crippen molar-refractivity contribution in [2.45, 2.75) is 6.92 Å². The Kier molecular flexibility index (Phi) is 2.79. The van der Waals surface area contributed by atoms with Gasteiger partial charge >= 0.3 is 5.97 Å². The van der Waals surface area contributed by atoms with E-state index in [2.05, 4.69) is 4.98 Å². The van der Waals surface area contributed by atoms with E-state index in [9.17, 15) is 9.18 Å². The number of rotatable bonds is 2. The maximum Gasteiger partial charge on any atom is 0.352 e. The summed E-state index contributed by atoms with van der Waals surface area (Å²) >= 11 is 0. The van der Waals surface area contributed by atoms with Gasteiger partial charge in [-0.3, -0.25) is 0 Å². The quantitative estimate of drug-likeness (QED) is 0.739. The van der Waals surface area contributed by atoms with E-state index < -0.39 is 5.97 Å². The maximum absolute atomic E-state index is 14.3. The van der Waals surface area contributed by atoms with Gasteiger partial charge in [-0.15, -0.1) is 0 Å². The van der Waals surface area contributed by atoms with Crippen molar-refractivity contribution in [3.63, 3.8) is 0 Å². The molecule has 1 aromatic heterocycles. The van der Waals surface area contributed by atoms with Gasteiger partial charge in [-0.1, -0.05) is 36.4 Å². The van der Waals surface area contributed by atoms with Crippen LogP contribution in [0.5, 0.6) is 0 Å². The van der Waals surface area contributed by atoms with Crippen molar-refractivity contribution in [2.75, 3.05) is 0 Å². The highest BCUT2D eigenvalue weighted by molar-refractivity contribution is 6.00. The zero-order chi connectivity index (χ0) is 14.3. The predicted octanol–water partition coefficient (Wildman–Crippen LogP) is 3.98. The molecule has 100 valence electrons. The Bertz CT molecular complexity index is 820. The van der Waals surface area contributed by atoms with Crippen LogP contribution in [-0.4, -0.2) is 16.1 Å². The topological polar surface area (TPSA) is 53.1 Å². The molecule has 0 spiro atoms. The van der Waals surface area contributed by atoms with Crippen molar-refractivity contribution in [1.29, 1.82) is 0 Å². The first-order chi connectivity index (χ1) is 9.58. The third kappa shape index (κ3) is 1.86. The number of aromatic carboxylic acids is 1. The van der Waals surface area contributed by atoms with E-state index >= 15 is 0 Å². The minimum atomic E-state index is -1.03. The van der Waals surface area contributed by atoms with Crippen LogP contribution in [0.4, 0.5) is 4.39 Å². The highest BCUT2D eigenvalue weighted by Crippen LogP contribution is 2.31. The lowest BCUT2D eigenvalue weighted by Crippen LogP contribution is -1.95. The van der Waals surface area contributed by atoms with Gasteiger partial charge in [-0.25, -0.2) is 9.18 Å². The van der Waals surface area contributed by atoms with Gasteiger partial charge in [0.2, 0.25) is 0 Å². The van der Waals surface area contributed by atoms with Crippen molar-refractivity contribution in [3.8, 4) is 11.1 Å². The second-order valence-electron chi connectivity index (χ2n) is 4.69. The van der Waals surface area contributed by atoms with Crippen LogP contribution >= 0.6 is 0 Å². The number of aromatic amines is 1. The minimum absolute atomic E-state index is 0.0977. The number of benzene rings is 2. The number of hydrogen-bond acceptors (Lipinski definition) is 1. The third-order valence-corrected chi connectivity index (χ3v) is 3.37. The molecule has 0 amide bonds. The molecule has 0 bridgehead atoms. The standard InChI is InChI=1S/C16H12FNO2/c1-9-4-2-6-11(14(9)17)12-7-3-5-10-8-13(16(19)20)18-15(10)12/h2-8,18H,1H3,(H,19,20). The van der Waals surface area contributed by atoms with Crippen LogP contribution in [0.1, 0.15) is 16.1 Å². The van der Waals surface area contributed by atoms with Crippen molar-refractivity contribution < 1.29 is 14.3 Å². The largest absolute Gasteiger partial charge is 0.477 e. The number of carbonyl (C=O) groups is 1. The first-order valence-corrected chi connectivity index (χ1v) is 6.18. The molecule has 0 atom stereocenters. The zero-order valence-corrected chi connectivity index (χ0v) is 10.8. The Morgan fingerprint density at radius 3 is 2.60 bits per heavy atom. The molecule has 1 heterocycles. The second-order valence-corrected chi connectivity index (χ2v) is 4.69. The average Bonchev–Trinajstić information content (AvgIpc) is 2.86. The number of aromatic nitrogens is 1. The number of hydrogen-bond donors (Lipinski definition) is 2. The summed E-state index contributed by atoms with van der Waals surface area (Å²) in [4.78, 5) is 13.9. The Labute approximate surface area is 114 Å². The number of carboxylic acids is 1. The van der Waals surface area contributed by atoms with Gasteiger partial charge < -0.3 is 10.1 Å². The predicted molar refractivity (Wildman–Crippen MR) is 75.4 cm³/mol. The Hall–Kier alpha value is -2.62. The maximum atomic E-state index is 14.3. The zero-order valence-electron chi connectivity index (χ0n) is 10.8. The lowest BCUT2D eigenvalue weighted by Gasteiger charge is -2.07. The molecule has 3 aromatic rings. The Morgan fingerprint density at radius 1 is 1.15 bits per heavy atom. The summed E-state index contributed by atoms with van der Waals surface area (Å²) in [5.41, 5.74) is 2.42. The number of aryl methyl sites for hydroxylation is 1. The normalized spacial score (nSPS) is 10.9. The van der Waals surface area contributed by atoms with Crippen molar-refractivity contribution in [2.24, 2.45) is 0 Å². The molecular formula is C16H12FNO2. The highest BCUT2D eigenvalue weighted by Gasteiger charge is 2.14. The summed E-state index contributed by atoms with van der Waals surface area (Å²) in [6.07, 6.45) is 0. The molecule has 0 aliphatic carbocycles. The van der Waals surface area contributed by atoms with Gasteiger partial charge in [-0.05, 0) is 18.6 Å². The molecule has 3 nitrogen and oxygen atoms in total. The molecule has 0 radical (unpaired) electrons. The lowest BCUT2D eigenvalue weighted by atomic mass is 10.0. The molecule has 20 heavy (non-hydrogen) atoms. The molecule has 4 heteroatoms. The fraction of sp³-hybridized carbons (Fsp3) is 0.0625. The van der Waals surface area contributed by atoms with Gasteiger partial charge in [0.1, 0.15) is 11.5 Å². The van der Waals surface area contributed by atoms with Crippen LogP contribution < -0.4 is 0 Å². The second kappa shape index (κ2) is 4.49. The van der Waals surface area contributed by atoms with Crippen LogP contribution in [-0.2, 0) is 0 Å². The first-order valence-electron chi connectivity index (χ1n) is 6.18. The van der Waals surface area contributed by atoms with Crippen molar-refractivity contribution in [1.82, 2.24) is 4.98 Å². The summed E-state index contributed by atoms with van der Waals surface area (Å²) < 4.78 is 14.3. The van der Waals surface area contributed by atoms with Crippen LogP contribution in [0.2, 0.25) is 0 Å². The van der Waals surface area contributed by atoms with Crippen LogP contribution in [0, 0.1) is 12.7 Å². The number of fused-ring (bicyclic) bond motifs is 1. The summed E-state index contributed by atoms with van der Waals surface area (Å²) in [5, 5.41) is 9.79. The van der Waals surface area contributed by atoms with Crippen molar-refractivity contribution >= 4 is 16.9 Å². The molecule has 0 unspecified atom stereocenters. The Morgan fingerprint density at radius 2 is 1.85 bits per heavy atom. The SMILES string of the molecule is Cc1cccc(-c2cccc3cc(C(=O)O)[nH]c23)c1F. The average molecular weight is 269 g/mol. The van der Waals surface area contributed by atoms with E-state index in [0.717, 1.165) is 5.39 Å². The van der Waals surface area contributed by atoms with E-state index in [4.69, 9.17) is 5.11 Å². The van der Waals surface area contributed by atoms with Crippen LogP contribution in [0.3, 0.4) is 0 Å². The molecule has 0 saturated carbocycles. The molecule has 0 aliphatic rings. The lowest BCUT2D eigenvalue weighted by molar-refractivity contribution is 0.0691. The molecule has 0 fully saturated rings. The van der Waals surface area contributed by atoms with Crippen molar-refractivity contribution in [3.05, 3.63) is 59.5 Å². The summed E-state index contributed by atoms with van der Waals surface area (Å²) in [6, 6.07) is 12.1. The smallest absolute Gasteiger partial charge is 0.352 e. The Balaban J connectivity index is 2.31.